The summed E-state index contributed by atoms with van der Waals surface area (Å²) in [4.78, 5) is 47.6. The van der Waals surface area contributed by atoms with E-state index in [2.05, 4.69) is 25.3 Å². The minimum atomic E-state index is -1.13. The Balaban J connectivity index is 1.46. The fraction of sp³-hybridized carbons (Fsp3) is 0.379. The van der Waals surface area contributed by atoms with Crippen LogP contribution in [0.15, 0.2) is 36.5 Å². The molecule has 3 atom stereocenters. The van der Waals surface area contributed by atoms with E-state index in [9.17, 15) is 23.2 Å². The largest absolute Gasteiger partial charge is 0.453 e. The molecule has 42 heavy (non-hydrogen) atoms. The van der Waals surface area contributed by atoms with Crippen molar-refractivity contribution in [2.75, 3.05) is 24.3 Å². The molecule has 2 aliphatic heterocycles. The highest BCUT2D eigenvalue weighted by atomic mass is 35.5. The van der Waals surface area contributed by atoms with Crippen LogP contribution in [0.3, 0.4) is 0 Å². The predicted octanol–water partition coefficient (Wildman–Crippen LogP) is 6.96. The molecule has 5 rings (SSSR count). The van der Waals surface area contributed by atoms with Crippen LogP contribution in [0.2, 0.25) is 5.02 Å². The van der Waals surface area contributed by atoms with Crippen molar-refractivity contribution in [3.63, 3.8) is 0 Å². The summed E-state index contributed by atoms with van der Waals surface area (Å²) in [6.45, 7) is 2.09. The van der Waals surface area contributed by atoms with Gasteiger partial charge in [0.25, 0.3) is 0 Å². The third kappa shape index (κ3) is 5.89. The second kappa shape index (κ2) is 12.4. The van der Waals surface area contributed by atoms with Crippen LogP contribution in [0.4, 0.5) is 29.7 Å². The first kappa shape index (κ1) is 29.3. The molecule has 3 heterocycles. The molecule has 1 fully saturated rings. The molecule has 2 bridgehead atoms. The van der Waals surface area contributed by atoms with Crippen molar-refractivity contribution in [2.45, 2.75) is 51.2 Å². The number of nitrogens with one attached hydrogen (secondary N) is 3. The van der Waals surface area contributed by atoms with Crippen LogP contribution < -0.4 is 10.6 Å². The number of hydrogen-bond donors (Lipinski definition) is 3. The number of aromatic amines is 1. The monoisotopic (exact) mass is 601 g/mol. The van der Waals surface area contributed by atoms with Gasteiger partial charge in [-0.15, -0.1) is 0 Å². The number of fused-ring (bicyclic) bond motifs is 4. The lowest BCUT2D eigenvalue weighted by molar-refractivity contribution is -0.120. The lowest BCUT2D eigenvalue weighted by Crippen LogP contribution is -2.42. The van der Waals surface area contributed by atoms with Crippen molar-refractivity contribution < 1.29 is 32.6 Å². The molecular formula is C29H30ClF2N5O5. The lowest BCUT2D eigenvalue weighted by atomic mass is 9.95. The molecule has 3 N–H and O–H groups in total. The van der Waals surface area contributed by atoms with Gasteiger partial charge in [-0.25, -0.2) is 23.4 Å². The Morgan fingerprint density at radius 2 is 2.02 bits per heavy atom. The van der Waals surface area contributed by atoms with Gasteiger partial charge in [0.05, 0.1) is 41.3 Å². The molecular weight excluding hydrogens is 572 g/mol. The number of methoxy groups -OCH3 is 1. The Hall–Kier alpha value is -4.19. The smallest absolute Gasteiger partial charge is 0.411 e. The van der Waals surface area contributed by atoms with Crippen LogP contribution in [0.5, 0.6) is 0 Å². The zero-order valence-corrected chi connectivity index (χ0v) is 23.8. The summed E-state index contributed by atoms with van der Waals surface area (Å²) in [5.41, 5.74) is 1.72. The summed E-state index contributed by atoms with van der Waals surface area (Å²) in [5, 5.41) is 5.33. The predicted molar refractivity (Wildman–Crippen MR) is 151 cm³/mol. The van der Waals surface area contributed by atoms with E-state index >= 15 is 0 Å². The van der Waals surface area contributed by atoms with E-state index in [0.717, 1.165) is 12.1 Å². The number of nitrogens with zero attached hydrogens (tertiary/aromatic N) is 2. The molecule has 3 aromatic rings. The molecule has 13 heteroatoms. The number of carbonyl (C=O) groups excluding carboxylic acids is 3. The second-order valence-electron chi connectivity index (χ2n) is 10.2. The molecule has 2 aromatic carbocycles. The molecule has 2 aliphatic rings. The minimum absolute atomic E-state index is 0.142. The van der Waals surface area contributed by atoms with Crippen molar-refractivity contribution in [1.82, 2.24) is 14.9 Å². The zero-order chi connectivity index (χ0) is 30.0. The number of aromatic nitrogens is 2. The number of anilines is 2. The van der Waals surface area contributed by atoms with Crippen molar-refractivity contribution in [3.8, 4) is 11.3 Å². The molecule has 1 saturated heterocycles. The van der Waals surface area contributed by atoms with Gasteiger partial charge in [0.2, 0.25) is 5.91 Å². The Labute approximate surface area is 245 Å². The molecule has 222 valence electrons. The highest BCUT2D eigenvalue weighted by Gasteiger charge is 2.37. The van der Waals surface area contributed by atoms with Gasteiger partial charge in [-0.3, -0.25) is 15.0 Å². The van der Waals surface area contributed by atoms with E-state index in [-0.39, 0.29) is 35.4 Å². The van der Waals surface area contributed by atoms with E-state index in [1.165, 1.54) is 12.0 Å². The number of carbonyl (C=O) groups is 3. The fourth-order valence-corrected chi connectivity index (χ4v) is 5.61. The van der Waals surface area contributed by atoms with Crippen LogP contribution in [0.25, 0.3) is 11.3 Å². The topological polar surface area (TPSA) is 126 Å². The molecule has 3 amide bonds. The fourth-order valence-electron chi connectivity index (χ4n) is 5.45. The maximum Gasteiger partial charge on any atom is 0.411 e. The summed E-state index contributed by atoms with van der Waals surface area (Å²) in [7, 11) is 1.26. The number of imidazole rings is 1. The Morgan fingerprint density at radius 1 is 1.21 bits per heavy atom. The quantitative estimate of drug-likeness (QED) is 0.278. The van der Waals surface area contributed by atoms with E-state index < -0.39 is 36.0 Å². The van der Waals surface area contributed by atoms with Crippen LogP contribution in [-0.4, -0.2) is 46.6 Å². The average Bonchev–Trinajstić information content (AvgIpc) is 3.45. The molecule has 0 spiro atoms. The maximum atomic E-state index is 14.7. The SMILES string of the molecule is CC[C@@H]1CCC[C@H](N2CCC(c3c(F)ccc(Cl)c3F)OC2=O)c2ncc([nH]2)-c2ccc(NC(=O)OC)cc2NC1=O. The summed E-state index contributed by atoms with van der Waals surface area (Å²) < 4.78 is 39.4. The molecule has 0 saturated carbocycles. The number of rotatable bonds is 4. The van der Waals surface area contributed by atoms with Crippen molar-refractivity contribution in [2.24, 2.45) is 5.92 Å². The van der Waals surface area contributed by atoms with Crippen LogP contribution in [-0.2, 0) is 14.3 Å². The lowest BCUT2D eigenvalue weighted by Gasteiger charge is -2.36. The average molecular weight is 602 g/mol. The Morgan fingerprint density at radius 3 is 2.76 bits per heavy atom. The first-order valence-corrected chi connectivity index (χ1v) is 14.0. The number of halogens is 3. The van der Waals surface area contributed by atoms with Gasteiger partial charge in [0.15, 0.2) is 5.82 Å². The van der Waals surface area contributed by atoms with E-state index in [1.807, 2.05) is 6.92 Å². The highest BCUT2D eigenvalue weighted by Crippen LogP contribution is 2.39. The molecule has 0 radical (unpaired) electrons. The number of amides is 3. The zero-order valence-electron chi connectivity index (χ0n) is 23.0. The molecule has 1 aromatic heterocycles. The number of benzene rings is 2. The maximum absolute atomic E-state index is 14.7. The second-order valence-corrected chi connectivity index (χ2v) is 10.6. The van der Waals surface area contributed by atoms with Gasteiger partial charge >= 0.3 is 12.2 Å². The summed E-state index contributed by atoms with van der Waals surface area (Å²) in [6, 6.07) is 6.66. The minimum Gasteiger partial charge on any atom is -0.453 e. The van der Waals surface area contributed by atoms with Gasteiger partial charge in [0, 0.05) is 30.1 Å². The van der Waals surface area contributed by atoms with Gasteiger partial charge in [-0.05, 0) is 49.6 Å². The Kier molecular flexibility index (Phi) is 8.62. The van der Waals surface area contributed by atoms with Crippen molar-refractivity contribution >= 4 is 41.1 Å². The molecule has 1 unspecified atom stereocenters. The van der Waals surface area contributed by atoms with E-state index in [1.54, 1.807) is 24.4 Å². The molecule has 0 aliphatic carbocycles. The number of cyclic esters (lactones) is 1. The van der Waals surface area contributed by atoms with Crippen LogP contribution >= 0.6 is 11.6 Å². The van der Waals surface area contributed by atoms with Gasteiger partial charge < -0.3 is 19.8 Å². The number of ether oxygens (including phenoxy) is 2. The summed E-state index contributed by atoms with van der Waals surface area (Å²) >= 11 is 5.85. The van der Waals surface area contributed by atoms with E-state index in [4.69, 9.17) is 16.3 Å². The number of H-pyrrole nitrogens is 1. The highest BCUT2D eigenvalue weighted by molar-refractivity contribution is 6.30. The summed E-state index contributed by atoms with van der Waals surface area (Å²) in [6.07, 6.45) is 1.45. The Bertz CT molecular complexity index is 1520. The normalized spacial score (nSPS) is 20.9. The summed E-state index contributed by atoms with van der Waals surface area (Å²) in [5.74, 6) is -1.75. The third-order valence-corrected chi connectivity index (χ3v) is 7.98. The number of hydrogen-bond acceptors (Lipinski definition) is 6. The molecule has 10 nitrogen and oxygen atoms in total. The van der Waals surface area contributed by atoms with Crippen molar-refractivity contribution in [1.29, 1.82) is 0 Å². The first-order chi connectivity index (χ1) is 20.2. The van der Waals surface area contributed by atoms with Crippen LogP contribution in [0, 0.1) is 17.6 Å². The first-order valence-electron chi connectivity index (χ1n) is 13.7. The third-order valence-electron chi connectivity index (χ3n) is 7.69. The van der Waals surface area contributed by atoms with Crippen LogP contribution in [0.1, 0.15) is 62.6 Å². The van der Waals surface area contributed by atoms with Crippen molar-refractivity contribution in [3.05, 3.63) is 64.6 Å². The van der Waals surface area contributed by atoms with Gasteiger partial charge in [-0.2, -0.15) is 0 Å². The standard InChI is InChI=1S/C29H30ClF2N5O5/c1-3-15-5-4-6-22(37-12-11-23(42-29(37)40)24-19(31)10-9-18(30)25(24)32)26-33-14-21(35-26)17-8-7-16(34-28(39)41-2)13-20(17)36-27(15)38/h7-10,13-15,22-23H,3-6,11-12H2,1-2H3,(H,33,35)(H,34,39)(H,36,38)/t15-,22+,23?/m1/s1. The van der Waals surface area contributed by atoms with Gasteiger partial charge in [-0.1, -0.05) is 24.9 Å². The van der Waals surface area contributed by atoms with Gasteiger partial charge in [0.1, 0.15) is 17.7 Å². The van der Waals surface area contributed by atoms with E-state index in [0.29, 0.717) is 54.1 Å².